The molecule has 2 aliphatic carbocycles. The number of rotatable bonds is 5. The minimum atomic E-state index is -0.424. The molecule has 7 heteroatoms. The molecule has 1 aromatic heterocycles. The third-order valence-electron chi connectivity index (χ3n) is 6.58. The first kappa shape index (κ1) is 19.5. The molecule has 0 unspecified atom stereocenters. The van der Waals surface area contributed by atoms with Crippen molar-refractivity contribution in [2.75, 3.05) is 11.9 Å². The fourth-order valence-electron chi connectivity index (χ4n) is 4.88. The van der Waals surface area contributed by atoms with Gasteiger partial charge in [0.15, 0.2) is 0 Å². The summed E-state index contributed by atoms with van der Waals surface area (Å²) in [4.78, 5) is 43.2. The van der Waals surface area contributed by atoms with E-state index in [4.69, 9.17) is 4.74 Å². The van der Waals surface area contributed by atoms with E-state index in [2.05, 4.69) is 10.3 Å². The fraction of sp³-hybridized carbons (Fsp3) is 0.333. The Labute approximate surface area is 180 Å². The molecule has 4 atom stereocenters. The number of allylic oxidation sites excluding steroid dienone is 2. The molecule has 1 aromatic carbocycles. The highest BCUT2D eigenvalue weighted by atomic mass is 16.5. The van der Waals surface area contributed by atoms with Crippen molar-refractivity contribution in [3.8, 4) is 11.6 Å². The lowest BCUT2D eigenvalue weighted by molar-refractivity contribution is -0.143. The maximum absolute atomic E-state index is 12.7. The average molecular weight is 417 g/mol. The van der Waals surface area contributed by atoms with Gasteiger partial charge in [0.05, 0.1) is 23.7 Å². The van der Waals surface area contributed by atoms with Gasteiger partial charge in [0, 0.05) is 6.07 Å². The van der Waals surface area contributed by atoms with E-state index in [1.807, 2.05) is 44.2 Å². The Morgan fingerprint density at radius 2 is 1.77 bits per heavy atom. The monoisotopic (exact) mass is 417 g/mol. The van der Waals surface area contributed by atoms with Gasteiger partial charge >= 0.3 is 0 Å². The second-order valence-corrected chi connectivity index (χ2v) is 8.54. The molecule has 2 heterocycles. The lowest BCUT2D eigenvalue weighted by Gasteiger charge is -2.16. The Balaban J connectivity index is 1.20. The Morgan fingerprint density at radius 1 is 1.06 bits per heavy atom. The van der Waals surface area contributed by atoms with Gasteiger partial charge in [0.2, 0.25) is 23.6 Å². The Kier molecular flexibility index (Phi) is 4.61. The Bertz CT molecular complexity index is 1080. The van der Waals surface area contributed by atoms with Crippen molar-refractivity contribution in [1.29, 1.82) is 0 Å². The van der Waals surface area contributed by atoms with Gasteiger partial charge in [-0.1, -0.05) is 18.2 Å². The normalized spacial score (nSPS) is 25.8. The largest absolute Gasteiger partial charge is 0.439 e. The summed E-state index contributed by atoms with van der Waals surface area (Å²) in [5, 5.41) is 2.70. The van der Waals surface area contributed by atoms with Gasteiger partial charge in [-0.25, -0.2) is 4.98 Å². The van der Waals surface area contributed by atoms with Crippen LogP contribution in [0.25, 0.3) is 0 Å². The molecule has 2 fully saturated rings. The number of benzene rings is 1. The number of likely N-dealkylation sites (tertiary alicyclic amines) is 1. The number of anilines is 1. The van der Waals surface area contributed by atoms with Gasteiger partial charge in [0.25, 0.3) is 0 Å². The summed E-state index contributed by atoms with van der Waals surface area (Å²) in [6.45, 7) is 3.77. The van der Waals surface area contributed by atoms with Gasteiger partial charge in [-0.05, 0) is 61.4 Å². The van der Waals surface area contributed by atoms with Gasteiger partial charge < -0.3 is 10.1 Å². The highest BCUT2D eigenvalue weighted by Gasteiger charge is 2.59. The van der Waals surface area contributed by atoms with Crippen LogP contribution in [0.3, 0.4) is 0 Å². The minimum absolute atomic E-state index is 0.133. The fourth-order valence-corrected chi connectivity index (χ4v) is 4.88. The highest BCUT2D eigenvalue weighted by molar-refractivity contribution is 6.09. The molecule has 5 rings (SSSR count). The van der Waals surface area contributed by atoms with Crippen LogP contribution < -0.4 is 10.1 Å². The summed E-state index contributed by atoms with van der Waals surface area (Å²) in [7, 11) is 0. The molecule has 7 nitrogen and oxygen atoms in total. The summed E-state index contributed by atoms with van der Waals surface area (Å²) in [6.07, 6.45) is 6.43. The smallest absolute Gasteiger partial charge is 0.244 e. The maximum atomic E-state index is 12.7. The number of fused-ring (bicyclic) bond motifs is 5. The van der Waals surface area contributed by atoms with Crippen molar-refractivity contribution < 1.29 is 19.1 Å². The molecule has 158 valence electrons. The molecule has 0 spiro atoms. The van der Waals surface area contributed by atoms with E-state index in [0.29, 0.717) is 17.3 Å². The lowest BCUT2D eigenvalue weighted by Crippen LogP contribution is -2.39. The molecule has 1 saturated carbocycles. The predicted octanol–water partition coefficient (Wildman–Crippen LogP) is 3.24. The van der Waals surface area contributed by atoms with Crippen LogP contribution in [0.5, 0.6) is 11.6 Å². The van der Waals surface area contributed by atoms with Gasteiger partial charge in [0.1, 0.15) is 12.3 Å². The van der Waals surface area contributed by atoms with Crippen LogP contribution in [0.15, 0.2) is 48.7 Å². The van der Waals surface area contributed by atoms with Gasteiger partial charge in [-0.3, -0.25) is 19.3 Å². The molecule has 3 aliphatic rings. The number of amides is 3. The van der Waals surface area contributed by atoms with E-state index in [9.17, 15) is 14.4 Å². The Morgan fingerprint density at radius 3 is 2.39 bits per heavy atom. The SMILES string of the molecule is Cc1ccc(Oc2ccc(NC(=O)CN3C(=O)[C@H]4[C@H](C3=O)[C@H]3C=C[C@H]4C3)cn2)cc1C. The van der Waals surface area contributed by atoms with Crippen LogP contribution in [0.4, 0.5) is 5.69 Å². The van der Waals surface area contributed by atoms with Crippen molar-refractivity contribution in [2.45, 2.75) is 20.3 Å². The summed E-state index contributed by atoms with van der Waals surface area (Å²) < 4.78 is 5.75. The average Bonchev–Trinajstić information content (AvgIpc) is 3.42. The number of imide groups is 1. The minimum Gasteiger partial charge on any atom is -0.439 e. The molecule has 2 aromatic rings. The first-order valence-corrected chi connectivity index (χ1v) is 10.5. The number of aromatic nitrogens is 1. The summed E-state index contributed by atoms with van der Waals surface area (Å²) in [5.41, 5.74) is 2.78. The summed E-state index contributed by atoms with van der Waals surface area (Å²) in [5.74, 6) is -0.102. The Hall–Kier alpha value is -3.48. The third-order valence-corrected chi connectivity index (χ3v) is 6.58. The highest BCUT2D eigenvalue weighted by Crippen LogP contribution is 2.52. The van der Waals surface area contributed by atoms with Crippen LogP contribution in [0.2, 0.25) is 0 Å². The van der Waals surface area contributed by atoms with Crippen LogP contribution in [0, 0.1) is 37.5 Å². The molecular weight excluding hydrogens is 394 g/mol. The number of aryl methyl sites for hydroxylation is 2. The van der Waals surface area contributed by atoms with E-state index < -0.39 is 5.91 Å². The quantitative estimate of drug-likeness (QED) is 0.596. The standard InChI is InChI=1S/C24H23N3O4/c1-13-3-7-18(9-14(13)2)31-20-8-6-17(11-25-20)26-19(28)12-27-23(29)21-15-4-5-16(10-15)22(21)24(27)30/h3-9,11,15-16,21-22H,10,12H2,1-2H3,(H,26,28)/t15-,16-,21+,22+/m0/s1. The molecule has 1 aliphatic heterocycles. The number of hydrogen-bond donors (Lipinski definition) is 1. The number of ether oxygens (including phenoxy) is 1. The van der Waals surface area contributed by atoms with E-state index in [1.165, 1.54) is 11.8 Å². The number of carbonyl (C=O) groups is 3. The second kappa shape index (κ2) is 7.34. The van der Waals surface area contributed by atoms with Crippen LogP contribution >= 0.6 is 0 Å². The summed E-state index contributed by atoms with van der Waals surface area (Å²) in [6, 6.07) is 9.13. The second-order valence-electron chi connectivity index (χ2n) is 8.54. The van der Waals surface area contributed by atoms with Crippen molar-refractivity contribution >= 4 is 23.4 Å². The zero-order valence-corrected chi connectivity index (χ0v) is 17.4. The van der Waals surface area contributed by atoms with Crippen molar-refractivity contribution in [3.05, 3.63) is 59.8 Å². The van der Waals surface area contributed by atoms with E-state index in [1.54, 1.807) is 12.1 Å². The van der Waals surface area contributed by atoms with E-state index in [-0.39, 0.29) is 42.0 Å². The van der Waals surface area contributed by atoms with Crippen LogP contribution in [-0.4, -0.2) is 34.2 Å². The van der Waals surface area contributed by atoms with Gasteiger partial charge in [-0.15, -0.1) is 0 Å². The molecule has 2 bridgehead atoms. The number of nitrogens with one attached hydrogen (secondary N) is 1. The van der Waals surface area contributed by atoms with Gasteiger partial charge in [-0.2, -0.15) is 0 Å². The zero-order chi connectivity index (χ0) is 21.7. The van der Waals surface area contributed by atoms with E-state index in [0.717, 1.165) is 16.9 Å². The molecule has 0 radical (unpaired) electrons. The number of carbonyl (C=O) groups excluding carboxylic acids is 3. The van der Waals surface area contributed by atoms with E-state index >= 15 is 0 Å². The van der Waals surface area contributed by atoms with Crippen molar-refractivity contribution in [3.63, 3.8) is 0 Å². The molecule has 3 amide bonds. The number of hydrogen-bond acceptors (Lipinski definition) is 5. The van der Waals surface area contributed by atoms with Crippen LogP contribution in [-0.2, 0) is 14.4 Å². The third kappa shape index (κ3) is 3.40. The van der Waals surface area contributed by atoms with Crippen molar-refractivity contribution in [2.24, 2.45) is 23.7 Å². The van der Waals surface area contributed by atoms with Crippen LogP contribution in [0.1, 0.15) is 17.5 Å². The lowest BCUT2D eigenvalue weighted by atomic mass is 9.85. The molecule has 1 N–H and O–H groups in total. The first-order valence-electron chi connectivity index (χ1n) is 10.5. The number of pyridine rings is 1. The van der Waals surface area contributed by atoms with Crippen molar-refractivity contribution in [1.82, 2.24) is 9.88 Å². The number of nitrogens with zero attached hydrogens (tertiary/aromatic N) is 2. The maximum Gasteiger partial charge on any atom is 0.244 e. The first-order chi connectivity index (χ1) is 14.9. The topological polar surface area (TPSA) is 88.6 Å². The predicted molar refractivity (Wildman–Crippen MR) is 113 cm³/mol. The molecule has 31 heavy (non-hydrogen) atoms. The zero-order valence-electron chi connectivity index (χ0n) is 17.4. The molecular formula is C24H23N3O4. The molecule has 1 saturated heterocycles. The summed E-state index contributed by atoms with van der Waals surface area (Å²) >= 11 is 0.